The molecule has 1 aromatic carbocycles. The van der Waals surface area contributed by atoms with E-state index in [1.807, 2.05) is 0 Å². The van der Waals surface area contributed by atoms with Gasteiger partial charge < -0.3 is 5.32 Å². The van der Waals surface area contributed by atoms with Crippen LogP contribution in [0.15, 0.2) is 58.0 Å². The highest BCUT2D eigenvalue weighted by Crippen LogP contribution is 2.13. The summed E-state index contributed by atoms with van der Waals surface area (Å²) in [6.07, 6.45) is 1.55. The number of anilines is 1. The highest BCUT2D eigenvalue weighted by atomic mass is 16.5. The molecule has 0 aliphatic heterocycles. The van der Waals surface area contributed by atoms with Crippen LogP contribution in [0.5, 0.6) is 0 Å². The molecule has 0 unspecified atom stereocenters. The molecule has 126 valence electrons. The second-order valence-electron chi connectivity index (χ2n) is 5.26. The second-order valence-corrected chi connectivity index (χ2v) is 5.26. The quantitative estimate of drug-likeness (QED) is 0.710. The van der Waals surface area contributed by atoms with Crippen molar-refractivity contribution in [1.82, 2.24) is 14.7 Å². The van der Waals surface area contributed by atoms with Crippen LogP contribution in [0.2, 0.25) is 0 Å². The highest BCUT2D eigenvalue weighted by molar-refractivity contribution is 5.97. The number of hydrogen-bond donors (Lipinski definition) is 1. The molecule has 8 heteroatoms. The highest BCUT2D eigenvalue weighted by Gasteiger charge is 2.16. The third-order valence-corrected chi connectivity index (χ3v) is 3.43. The number of ketones is 1. The van der Waals surface area contributed by atoms with Crippen molar-refractivity contribution < 1.29 is 14.1 Å². The van der Waals surface area contributed by atoms with Crippen LogP contribution in [0, 0.1) is 0 Å². The van der Waals surface area contributed by atoms with E-state index in [1.165, 1.54) is 6.92 Å². The predicted molar refractivity (Wildman–Crippen MR) is 89.1 cm³/mol. The molecule has 3 rings (SSSR count). The van der Waals surface area contributed by atoms with Crippen LogP contribution >= 0.6 is 0 Å². The zero-order valence-electron chi connectivity index (χ0n) is 13.3. The van der Waals surface area contributed by atoms with Gasteiger partial charge in [-0.05, 0) is 31.2 Å². The van der Waals surface area contributed by atoms with Crippen molar-refractivity contribution in [1.29, 1.82) is 0 Å². The molecule has 1 N–H and O–H groups in total. The van der Waals surface area contributed by atoms with E-state index in [0.717, 1.165) is 4.57 Å². The Balaban J connectivity index is 1.80. The predicted octanol–water partition coefficient (Wildman–Crippen LogP) is 1.74. The Morgan fingerprint density at radius 1 is 1.20 bits per heavy atom. The maximum absolute atomic E-state index is 12.3. The van der Waals surface area contributed by atoms with Gasteiger partial charge in [0.1, 0.15) is 12.2 Å². The minimum Gasteiger partial charge on any atom is -0.325 e. The summed E-state index contributed by atoms with van der Waals surface area (Å²) in [7, 11) is 0. The average Bonchev–Trinajstić information content (AvgIpc) is 2.96. The number of Topliss-reactive ketones (excluding diaryl/α,β-unsaturated/α-hetero) is 1. The van der Waals surface area contributed by atoms with Gasteiger partial charge in [-0.2, -0.15) is 0 Å². The van der Waals surface area contributed by atoms with Crippen LogP contribution in [-0.4, -0.2) is 26.4 Å². The minimum atomic E-state index is -0.756. The van der Waals surface area contributed by atoms with Gasteiger partial charge in [0.2, 0.25) is 11.7 Å². The van der Waals surface area contributed by atoms with Gasteiger partial charge in [-0.1, -0.05) is 23.4 Å². The zero-order chi connectivity index (χ0) is 17.8. The van der Waals surface area contributed by atoms with Crippen LogP contribution in [0.3, 0.4) is 0 Å². The number of pyridine rings is 1. The number of amides is 1. The van der Waals surface area contributed by atoms with E-state index in [-0.39, 0.29) is 18.2 Å². The van der Waals surface area contributed by atoms with Gasteiger partial charge in [-0.25, -0.2) is 9.36 Å². The molecular weight excluding hydrogens is 324 g/mol. The lowest BCUT2D eigenvalue weighted by molar-refractivity contribution is -0.116. The van der Waals surface area contributed by atoms with Crippen molar-refractivity contribution in [3.05, 3.63) is 64.8 Å². The average molecular weight is 338 g/mol. The summed E-state index contributed by atoms with van der Waals surface area (Å²) in [4.78, 5) is 39.6. The number of carbonyl (C=O) groups excluding carboxylic acids is 2. The van der Waals surface area contributed by atoms with Crippen molar-refractivity contribution in [2.45, 2.75) is 13.5 Å². The normalized spacial score (nSPS) is 10.4. The van der Waals surface area contributed by atoms with Crippen molar-refractivity contribution in [2.24, 2.45) is 0 Å². The first-order chi connectivity index (χ1) is 12.0. The largest absolute Gasteiger partial charge is 0.442 e. The summed E-state index contributed by atoms with van der Waals surface area (Å²) in [6, 6.07) is 11.7. The minimum absolute atomic E-state index is 0.108. The number of nitrogens with one attached hydrogen (secondary N) is 1. The Morgan fingerprint density at radius 3 is 2.76 bits per heavy atom. The van der Waals surface area contributed by atoms with Gasteiger partial charge in [-0.15, -0.1) is 0 Å². The van der Waals surface area contributed by atoms with E-state index in [4.69, 9.17) is 0 Å². The summed E-state index contributed by atoms with van der Waals surface area (Å²) in [6.45, 7) is 1.15. The van der Waals surface area contributed by atoms with E-state index >= 15 is 0 Å². The Hall–Kier alpha value is -3.55. The van der Waals surface area contributed by atoms with E-state index in [1.54, 1.807) is 48.7 Å². The number of rotatable bonds is 5. The fraction of sp³-hybridized carbons (Fsp3) is 0.118. The fourth-order valence-electron chi connectivity index (χ4n) is 2.25. The lowest BCUT2D eigenvalue weighted by atomic mass is 10.1. The standard InChI is InChI=1S/C17H14N4O4/c1-11(22)12-5-4-6-13(9-12)19-15(23)10-21-16(20-25-17(21)24)14-7-2-3-8-18-14/h2-9H,10H2,1H3,(H,19,23). The van der Waals surface area contributed by atoms with Crippen molar-refractivity contribution >= 4 is 17.4 Å². The summed E-state index contributed by atoms with van der Waals surface area (Å²) < 4.78 is 5.73. The van der Waals surface area contributed by atoms with E-state index in [2.05, 4.69) is 20.0 Å². The van der Waals surface area contributed by atoms with Gasteiger partial charge in [0.15, 0.2) is 5.78 Å². The first-order valence-corrected chi connectivity index (χ1v) is 7.43. The smallest absolute Gasteiger partial charge is 0.325 e. The number of aromatic nitrogens is 3. The zero-order valence-corrected chi connectivity index (χ0v) is 13.3. The number of hydrogen-bond acceptors (Lipinski definition) is 6. The first kappa shape index (κ1) is 16.3. The van der Waals surface area contributed by atoms with E-state index in [9.17, 15) is 14.4 Å². The molecule has 1 amide bonds. The third-order valence-electron chi connectivity index (χ3n) is 3.43. The molecule has 2 heterocycles. The lowest BCUT2D eigenvalue weighted by Crippen LogP contribution is -2.25. The Kier molecular flexibility index (Phi) is 4.51. The van der Waals surface area contributed by atoms with Gasteiger partial charge in [0.25, 0.3) is 0 Å². The van der Waals surface area contributed by atoms with Crippen LogP contribution in [0.1, 0.15) is 17.3 Å². The maximum Gasteiger partial charge on any atom is 0.442 e. The summed E-state index contributed by atoms with van der Waals surface area (Å²) in [5.74, 6) is -1.15. The molecule has 3 aromatic rings. The SMILES string of the molecule is CC(=O)c1cccc(NC(=O)Cn2c(-c3ccccn3)noc2=O)c1. The summed E-state index contributed by atoms with van der Waals surface area (Å²) in [5.41, 5.74) is 1.36. The lowest BCUT2D eigenvalue weighted by Gasteiger charge is -2.07. The second kappa shape index (κ2) is 6.91. The number of nitrogens with zero attached hydrogens (tertiary/aromatic N) is 3. The molecule has 0 aliphatic rings. The van der Waals surface area contributed by atoms with Crippen molar-refractivity contribution in [2.75, 3.05) is 5.32 Å². The summed E-state index contributed by atoms with van der Waals surface area (Å²) >= 11 is 0. The van der Waals surface area contributed by atoms with Crippen LogP contribution in [-0.2, 0) is 11.3 Å². The summed E-state index contributed by atoms with van der Waals surface area (Å²) in [5, 5.41) is 6.31. The molecule has 0 atom stereocenters. The first-order valence-electron chi connectivity index (χ1n) is 7.43. The monoisotopic (exact) mass is 338 g/mol. The molecule has 0 aliphatic carbocycles. The number of carbonyl (C=O) groups is 2. The fourth-order valence-corrected chi connectivity index (χ4v) is 2.25. The molecule has 0 fully saturated rings. The molecule has 0 bridgehead atoms. The van der Waals surface area contributed by atoms with Crippen molar-refractivity contribution in [3.63, 3.8) is 0 Å². The molecular formula is C17H14N4O4. The number of benzene rings is 1. The topological polar surface area (TPSA) is 107 Å². The molecule has 0 saturated carbocycles. The maximum atomic E-state index is 12.3. The molecule has 8 nitrogen and oxygen atoms in total. The Bertz CT molecular complexity index is 976. The molecule has 2 aromatic heterocycles. The third kappa shape index (κ3) is 3.69. The van der Waals surface area contributed by atoms with Crippen molar-refractivity contribution in [3.8, 4) is 11.5 Å². The molecule has 0 radical (unpaired) electrons. The molecule has 0 spiro atoms. The van der Waals surface area contributed by atoms with Gasteiger partial charge in [-0.3, -0.25) is 19.1 Å². The van der Waals surface area contributed by atoms with E-state index in [0.29, 0.717) is 16.9 Å². The van der Waals surface area contributed by atoms with Gasteiger partial charge in [0, 0.05) is 17.4 Å². The van der Waals surface area contributed by atoms with Gasteiger partial charge in [0.05, 0.1) is 0 Å². The molecule has 0 saturated heterocycles. The Morgan fingerprint density at radius 2 is 2.04 bits per heavy atom. The van der Waals surface area contributed by atoms with Crippen LogP contribution in [0.25, 0.3) is 11.5 Å². The Labute approximate surface area is 142 Å². The van der Waals surface area contributed by atoms with Crippen LogP contribution < -0.4 is 11.1 Å². The van der Waals surface area contributed by atoms with Crippen LogP contribution in [0.4, 0.5) is 5.69 Å². The van der Waals surface area contributed by atoms with E-state index < -0.39 is 11.7 Å². The molecule has 25 heavy (non-hydrogen) atoms. The van der Waals surface area contributed by atoms with Gasteiger partial charge >= 0.3 is 5.76 Å².